The zero-order valence-electron chi connectivity index (χ0n) is 11.4. The van der Waals surface area contributed by atoms with Crippen LogP contribution in [0.15, 0.2) is 42.5 Å². The van der Waals surface area contributed by atoms with Crippen molar-refractivity contribution in [2.75, 3.05) is 5.33 Å². The molecular formula is C17H17BrF2. The average molecular weight is 339 g/mol. The Balaban J connectivity index is 2.11. The van der Waals surface area contributed by atoms with E-state index in [-0.39, 0.29) is 0 Å². The highest BCUT2D eigenvalue weighted by atomic mass is 79.9. The zero-order valence-corrected chi connectivity index (χ0v) is 13.0. The van der Waals surface area contributed by atoms with Crippen molar-refractivity contribution in [3.8, 4) is 0 Å². The normalized spacial score (nSPS) is 12.4. The molecule has 0 nitrogen and oxygen atoms in total. The van der Waals surface area contributed by atoms with Gasteiger partial charge in [-0.05, 0) is 54.5 Å². The van der Waals surface area contributed by atoms with E-state index in [0.29, 0.717) is 17.9 Å². The van der Waals surface area contributed by atoms with Crippen LogP contribution in [-0.2, 0) is 12.8 Å². The highest BCUT2D eigenvalue weighted by molar-refractivity contribution is 9.09. The van der Waals surface area contributed by atoms with Crippen LogP contribution in [0.25, 0.3) is 0 Å². The van der Waals surface area contributed by atoms with Gasteiger partial charge in [0.1, 0.15) is 11.6 Å². The van der Waals surface area contributed by atoms with Gasteiger partial charge in [-0.1, -0.05) is 40.2 Å². The molecule has 0 fully saturated rings. The molecule has 0 aliphatic heterocycles. The van der Waals surface area contributed by atoms with Crippen LogP contribution in [0.3, 0.4) is 0 Å². The van der Waals surface area contributed by atoms with Crippen molar-refractivity contribution in [3.63, 3.8) is 0 Å². The second kappa shape index (κ2) is 6.98. The average Bonchev–Trinajstić information content (AvgIpc) is 2.39. The van der Waals surface area contributed by atoms with Crippen LogP contribution in [0.1, 0.15) is 16.7 Å². The zero-order chi connectivity index (χ0) is 14.5. The van der Waals surface area contributed by atoms with Crippen LogP contribution in [0.4, 0.5) is 8.78 Å². The first kappa shape index (κ1) is 15.2. The molecule has 1 atom stereocenters. The van der Waals surface area contributed by atoms with Crippen molar-refractivity contribution >= 4 is 15.9 Å². The highest BCUT2D eigenvalue weighted by Crippen LogP contribution is 2.20. The summed E-state index contributed by atoms with van der Waals surface area (Å²) in [6.07, 6.45) is 1.56. The molecule has 0 N–H and O–H groups in total. The van der Waals surface area contributed by atoms with Gasteiger partial charge in [0.2, 0.25) is 0 Å². The van der Waals surface area contributed by atoms with E-state index >= 15 is 0 Å². The molecule has 20 heavy (non-hydrogen) atoms. The number of aryl methyl sites for hydroxylation is 1. The predicted molar refractivity (Wildman–Crippen MR) is 82.2 cm³/mol. The largest absolute Gasteiger partial charge is 0.207 e. The van der Waals surface area contributed by atoms with Gasteiger partial charge < -0.3 is 0 Å². The number of alkyl halides is 1. The first-order valence-corrected chi connectivity index (χ1v) is 7.76. The summed E-state index contributed by atoms with van der Waals surface area (Å²) < 4.78 is 26.4. The molecular weight excluding hydrogens is 322 g/mol. The number of hydrogen-bond acceptors (Lipinski definition) is 0. The van der Waals surface area contributed by atoms with Crippen molar-refractivity contribution in [1.29, 1.82) is 0 Å². The summed E-state index contributed by atoms with van der Waals surface area (Å²) >= 11 is 3.50. The van der Waals surface area contributed by atoms with Gasteiger partial charge in [-0.2, -0.15) is 0 Å². The Hall–Kier alpha value is -1.22. The lowest BCUT2D eigenvalue weighted by molar-refractivity contribution is 0.559. The van der Waals surface area contributed by atoms with Gasteiger partial charge in [0, 0.05) is 11.4 Å². The molecule has 0 spiro atoms. The van der Waals surface area contributed by atoms with E-state index in [1.165, 1.54) is 23.3 Å². The quantitative estimate of drug-likeness (QED) is 0.667. The third-order valence-electron chi connectivity index (χ3n) is 3.43. The number of hydrogen-bond donors (Lipinski definition) is 0. The summed E-state index contributed by atoms with van der Waals surface area (Å²) in [4.78, 5) is 0. The fourth-order valence-electron chi connectivity index (χ4n) is 2.39. The first-order chi connectivity index (χ1) is 9.58. The summed E-state index contributed by atoms with van der Waals surface area (Å²) in [6, 6.07) is 12.0. The molecule has 0 aliphatic rings. The summed E-state index contributed by atoms with van der Waals surface area (Å²) in [5.74, 6) is -0.703. The second-order valence-electron chi connectivity index (χ2n) is 5.13. The molecule has 106 valence electrons. The van der Waals surface area contributed by atoms with Crippen LogP contribution in [0.2, 0.25) is 0 Å². The van der Waals surface area contributed by atoms with E-state index in [0.717, 1.165) is 17.8 Å². The van der Waals surface area contributed by atoms with Gasteiger partial charge >= 0.3 is 0 Å². The molecule has 0 saturated heterocycles. The topological polar surface area (TPSA) is 0 Å². The number of benzene rings is 2. The van der Waals surface area contributed by atoms with Crippen molar-refractivity contribution in [2.45, 2.75) is 19.8 Å². The van der Waals surface area contributed by atoms with E-state index in [9.17, 15) is 8.78 Å². The van der Waals surface area contributed by atoms with Crippen molar-refractivity contribution in [2.24, 2.45) is 5.92 Å². The van der Waals surface area contributed by atoms with E-state index in [4.69, 9.17) is 0 Å². The fourth-order valence-corrected chi connectivity index (χ4v) is 2.85. The molecule has 3 heteroatoms. The summed E-state index contributed by atoms with van der Waals surface area (Å²) in [5, 5.41) is 0.805. The molecule has 0 aromatic heterocycles. The maximum atomic E-state index is 13.2. The molecule has 0 aliphatic carbocycles. The van der Waals surface area contributed by atoms with Crippen LogP contribution >= 0.6 is 15.9 Å². The Morgan fingerprint density at radius 2 is 1.65 bits per heavy atom. The monoisotopic (exact) mass is 338 g/mol. The molecule has 0 heterocycles. The first-order valence-electron chi connectivity index (χ1n) is 6.64. The molecule has 2 aromatic carbocycles. The molecule has 0 saturated carbocycles. The molecule has 0 radical (unpaired) electrons. The van der Waals surface area contributed by atoms with Crippen LogP contribution in [-0.4, -0.2) is 5.33 Å². The van der Waals surface area contributed by atoms with Crippen molar-refractivity contribution in [3.05, 3.63) is 70.8 Å². The lowest BCUT2D eigenvalue weighted by Crippen LogP contribution is -2.11. The van der Waals surface area contributed by atoms with E-state index < -0.39 is 11.6 Å². The molecule has 0 amide bonds. The fraction of sp³-hybridized carbons (Fsp3) is 0.294. The lowest BCUT2D eigenvalue weighted by atomic mass is 9.92. The van der Waals surface area contributed by atoms with E-state index in [1.54, 1.807) is 0 Å². The maximum Gasteiger partial charge on any atom is 0.126 e. The Morgan fingerprint density at radius 3 is 2.25 bits per heavy atom. The van der Waals surface area contributed by atoms with Gasteiger partial charge in [-0.25, -0.2) is 8.78 Å². The third-order valence-corrected chi connectivity index (χ3v) is 4.35. The Labute approximate surface area is 127 Å². The summed E-state index contributed by atoms with van der Waals surface area (Å²) in [5.41, 5.74) is 3.25. The third kappa shape index (κ3) is 4.14. The molecule has 2 rings (SSSR count). The minimum absolute atomic E-state index is 0.317. The lowest BCUT2D eigenvalue weighted by Gasteiger charge is -2.16. The summed E-state index contributed by atoms with van der Waals surface area (Å²) in [6.45, 7) is 2.09. The number of halogens is 3. The van der Waals surface area contributed by atoms with Gasteiger partial charge in [0.05, 0.1) is 0 Å². The van der Waals surface area contributed by atoms with Gasteiger partial charge in [0.15, 0.2) is 0 Å². The molecule has 2 aromatic rings. The Morgan fingerprint density at radius 1 is 1.00 bits per heavy atom. The number of rotatable bonds is 5. The minimum Gasteiger partial charge on any atom is -0.207 e. The van der Waals surface area contributed by atoms with Gasteiger partial charge in [-0.15, -0.1) is 0 Å². The van der Waals surface area contributed by atoms with Gasteiger partial charge in [-0.3, -0.25) is 0 Å². The van der Waals surface area contributed by atoms with Gasteiger partial charge in [0.25, 0.3) is 0 Å². The standard InChI is InChI=1S/C17H17BrF2/c1-12-4-2-3-5-15(12)7-14(11-18)6-13-8-16(19)10-17(20)9-13/h2-5,8-10,14H,6-7,11H2,1H3. The van der Waals surface area contributed by atoms with Crippen LogP contribution < -0.4 is 0 Å². The van der Waals surface area contributed by atoms with Crippen molar-refractivity contribution in [1.82, 2.24) is 0 Å². The Kier molecular flexibility index (Phi) is 5.30. The minimum atomic E-state index is -0.510. The van der Waals surface area contributed by atoms with Crippen molar-refractivity contribution < 1.29 is 8.78 Å². The second-order valence-corrected chi connectivity index (χ2v) is 5.78. The predicted octanol–water partition coefficient (Wildman–Crippen LogP) is 5.07. The Bertz CT molecular complexity index is 561. The summed E-state index contributed by atoms with van der Waals surface area (Å²) in [7, 11) is 0. The molecule has 1 unspecified atom stereocenters. The van der Waals surface area contributed by atoms with Crippen LogP contribution in [0.5, 0.6) is 0 Å². The SMILES string of the molecule is Cc1ccccc1CC(CBr)Cc1cc(F)cc(F)c1. The maximum absolute atomic E-state index is 13.2. The van der Waals surface area contributed by atoms with Crippen LogP contribution in [0, 0.1) is 24.5 Å². The van der Waals surface area contributed by atoms with E-state index in [1.807, 2.05) is 12.1 Å². The molecule has 0 bridgehead atoms. The van der Waals surface area contributed by atoms with E-state index in [2.05, 4.69) is 35.0 Å². The smallest absolute Gasteiger partial charge is 0.126 e. The highest BCUT2D eigenvalue weighted by Gasteiger charge is 2.12.